The minimum atomic E-state index is -0.124. The Bertz CT molecular complexity index is 477. The number of nitrogens with one attached hydrogen (secondary N) is 1. The SMILES string of the molecule is COc1nn(C)cc1C(=O)NCCC1=CCCCC1. The van der Waals surface area contributed by atoms with Gasteiger partial charge in [0.25, 0.3) is 5.91 Å². The second-order valence-corrected chi connectivity index (χ2v) is 4.84. The van der Waals surface area contributed by atoms with Gasteiger partial charge < -0.3 is 10.1 Å². The lowest BCUT2D eigenvalue weighted by atomic mass is 9.97. The monoisotopic (exact) mass is 263 g/mol. The molecule has 104 valence electrons. The van der Waals surface area contributed by atoms with E-state index in [1.165, 1.54) is 38.4 Å². The molecule has 0 fully saturated rings. The van der Waals surface area contributed by atoms with Gasteiger partial charge in [0.15, 0.2) is 0 Å². The highest BCUT2D eigenvalue weighted by molar-refractivity contribution is 5.96. The Morgan fingerprint density at radius 1 is 1.53 bits per heavy atom. The van der Waals surface area contributed by atoms with E-state index in [0.29, 0.717) is 18.0 Å². The molecule has 0 saturated carbocycles. The highest BCUT2D eigenvalue weighted by atomic mass is 16.5. The molecule has 0 saturated heterocycles. The standard InChI is InChI=1S/C14H21N3O2/c1-17-10-12(14(16-17)19-2)13(18)15-9-8-11-6-4-3-5-7-11/h6,10H,3-5,7-9H2,1-2H3,(H,15,18). The third-order valence-corrected chi connectivity index (χ3v) is 3.35. The van der Waals surface area contributed by atoms with Crippen molar-refractivity contribution in [2.75, 3.05) is 13.7 Å². The molecule has 0 unspecified atom stereocenters. The zero-order chi connectivity index (χ0) is 13.7. The summed E-state index contributed by atoms with van der Waals surface area (Å²) in [6.07, 6.45) is 9.84. The number of rotatable bonds is 5. The van der Waals surface area contributed by atoms with Crippen molar-refractivity contribution >= 4 is 5.91 Å². The molecule has 0 radical (unpaired) electrons. The van der Waals surface area contributed by atoms with Gasteiger partial charge in [0.05, 0.1) is 7.11 Å². The van der Waals surface area contributed by atoms with Gasteiger partial charge in [0.1, 0.15) is 5.56 Å². The number of ether oxygens (including phenoxy) is 1. The van der Waals surface area contributed by atoms with Crippen molar-refractivity contribution in [1.29, 1.82) is 0 Å². The van der Waals surface area contributed by atoms with Crippen LogP contribution in [0.15, 0.2) is 17.8 Å². The van der Waals surface area contributed by atoms with E-state index in [0.717, 1.165) is 6.42 Å². The topological polar surface area (TPSA) is 56.2 Å². The number of nitrogens with zero attached hydrogens (tertiary/aromatic N) is 2. The quantitative estimate of drug-likeness (QED) is 0.827. The number of amides is 1. The summed E-state index contributed by atoms with van der Waals surface area (Å²) in [5, 5.41) is 6.99. The van der Waals surface area contributed by atoms with Crippen molar-refractivity contribution in [3.8, 4) is 5.88 Å². The highest BCUT2D eigenvalue weighted by Crippen LogP contribution is 2.19. The number of hydrogen-bond donors (Lipinski definition) is 1. The fraction of sp³-hybridized carbons (Fsp3) is 0.571. The molecular formula is C14H21N3O2. The van der Waals surface area contributed by atoms with E-state index in [9.17, 15) is 4.79 Å². The van der Waals surface area contributed by atoms with Crippen molar-refractivity contribution < 1.29 is 9.53 Å². The van der Waals surface area contributed by atoms with E-state index in [4.69, 9.17) is 4.74 Å². The molecule has 1 amide bonds. The first-order valence-corrected chi connectivity index (χ1v) is 6.74. The van der Waals surface area contributed by atoms with Crippen LogP contribution in [0.2, 0.25) is 0 Å². The van der Waals surface area contributed by atoms with Gasteiger partial charge in [0, 0.05) is 19.8 Å². The third-order valence-electron chi connectivity index (χ3n) is 3.35. The minimum absolute atomic E-state index is 0.124. The predicted molar refractivity (Wildman–Crippen MR) is 73.3 cm³/mol. The van der Waals surface area contributed by atoms with Crippen molar-refractivity contribution in [3.63, 3.8) is 0 Å². The Morgan fingerprint density at radius 2 is 2.37 bits per heavy atom. The molecule has 0 aliphatic heterocycles. The van der Waals surface area contributed by atoms with E-state index < -0.39 is 0 Å². The van der Waals surface area contributed by atoms with Crippen molar-refractivity contribution in [1.82, 2.24) is 15.1 Å². The molecule has 1 aromatic heterocycles. The molecule has 1 heterocycles. The molecule has 0 aromatic carbocycles. The van der Waals surface area contributed by atoms with Gasteiger partial charge in [-0.15, -0.1) is 5.10 Å². The van der Waals surface area contributed by atoms with Gasteiger partial charge >= 0.3 is 0 Å². The number of hydrogen-bond acceptors (Lipinski definition) is 3. The first-order chi connectivity index (χ1) is 9.20. The molecule has 1 aliphatic rings. The van der Waals surface area contributed by atoms with Crippen molar-refractivity contribution in [2.45, 2.75) is 32.1 Å². The van der Waals surface area contributed by atoms with Crippen LogP contribution < -0.4 is 10.1 Å². The first kappa shape index (κ1) is 13.6. The molecule has 0 spiro atoms. The lowest BCUT2D eigenvalue weighted by molar-refractivity contribution is 0.0951. The summed E-state index contributed by atoms with van der Waals surface area (Å²) in [7, 11) is 3.29. The van der Waals surface area contributed by atoms with Gasteiger partial charge in [-0.25, -0.2) is 0 Å². The van der Waals surface area contributed by atoms with Crippen LogP contribution in [0.1, 0.15) is 42.5 Å². The maximum Gasteiger partial charge on any atom is 0.258 e. The molecule has 5 nitrogen and oxygen atoms in total. The summed E-state index contributed by atoms with van der Waals surface area (Å²) in [5.41, 5.74) is 1.95. The fourth-order valence-corrected chi connectivity index (χ4v) is 2.34. The minimum Gasteiger partial charge on any atom is -0.479 e. The maximum atomic E-state index is 12.0. The molecule has 1 N–H and O–H groups in total. The van der Waals surface area contributed by atoms with E-state index in [1.54, 1.807) is 17.9 Å². The fourth-order valence-electron chi connectivity index (χ4n) is 2.34. The molecular weight excluding hydrogens is 242 g/mol. The maximum absolute atomic E-state index is 12.0. The second-order valence-electron chi connectivity index (χ2n) is 4.84. The molecule has 1 aromatic rings. The molecule has 2 rings (SSSR count). The first-order valence-electron chi connectivity index (χ1n) is 6.74. The largest absolute Gasteiger partial charge is 0.479 e. The zero-order valence-electron chi connectivity index (χ0n) is 11.6. The summed E-state index contributed by atoms with van der Waals surface area (Å²) >= 11 is 0. The molecule has 5 heteroatoms. The highest BCUT2D eigenvalue weighted by Gasteiger charge is 2.15. The second kappa shape index (κ2) is 6.41. The lowest BCUT2D eigenvalue weighted by Crippen LogP contribution is -2.25. The van der Waals surface area contributed by atoms with Gasteiger partial charge in [-0.2, -0.15) is 0 Å². The van der Waals surface area contributed by atoms with E-state index >= 15 is 0 Å². The van der Waals surface area contributed by atoms with Crippen molar-refractivity contribution in [3.05, 3.63) is 23.4 Å². The Balaban J connectivity index is 1.85. The van der Waals surface area contributed by atoms with Crippen LogP contribution in [0.5, 0.6) is 5.88 Å². The summed E-state index contributed by atoms with van der Waals surface area (Å²) in [4.78, 5) is 12.0. The van der Waals surface area contributed by atoms with Gasteiger partial charge in [-0.05, 0) is 32.1 Å². The number of allylic oxidation sites excluding steroid dienone is 1. The molecule has 19 heavy (non-hydrogen) atoms. The van der Waals surface area contributed by atoms with Crippen LogP contribution >= 0.6 is 0 Å². The van der Waals surface area contributed by atoms with Crippen LogP contribution in [0, 0.1) is 0 Å². The number of aryl methyl sites for hydroxylation is 1. The number of methoxy groups -OCH3 is 1. The molecule has 0 bridgehead atoms. The Labute approximate surface area is 113 Å². The van der Waals surface area contributed by atoms with Crippen LogP contribution in [0.3, 0.4) is 0 Å². The van der Waals surface area contributed by atoms with Crippen molar-refractivity contribution in [2.24, 2.45) is 7.05 Å². The van der Waals surface area contributed by atoms with Gasteiger partial charge in [-0.3, -0.25) is 9.48 Å². The van der Waals surface area contributed by atoms with E-state index in [-0.39, 0.29) is 5.91 Å². The summed E-state index contributed by atoms with van der Waals surface area (Å²) < 4.78 is 6.66. The Hall–Kier alpha value is -1.78. The van der Waals surface area contributed by atoms with Crippen LogP contribution in [-0.4, -0.2) is 29.3 Å². The average molecular weight is 263 g/mol. The average Bonchev–Trinajstić information content (AvgIpc) is 2.81. The Morgan fingerprint density at radius 3 is 3.05 bits per heavy atom. The van der Waals surface area contributed by atoms with Gasteiger partial charge in [-0.1, -0.05) is 11.6 Å². The zero-order valence-corrected chi connectivity index (χ0v) is 11.6. The van der Waals surface area contributed by atoms with Gasteiger partial charge in [0.2, 0.25) is 5.88 Å². The number of carbonyl (C=O) groups excluding carboxylic acids is 1. The summed E-state index contributed by atoms with van der Waals surface area (Å²) in [6, 6.07) is 0. The summed E-state index contributed by atoms with van der Waals surface area (Å²) in [5.74, 6) is 0.248. The normalized spacial score (nSPS) is 14.9. The predicted octanol–water partition coefficient (Wildman–Crippen LogP) is 2.05. The lowest BCUT2D eigenvalue weighted by Gasteiger charge is -2.12. The smallest absolute Gasteiger partial charge is 0.258 e. The third kappa shape index (κ3) is 3.59. The van der Waals surface area contributed by atoms with Crippen LogP contribution in [0.25, 0.3) is 0 Å². The van der Waals surface area contributed by atoms with Crippen LogP contribution in [0.4, 0.5) is 0 Å². The Kier molecular flexibility index (Phi) is 4.60. The molecule has 1 aliphatic carbocycles. The van der Waals surface area contributed by atoms with E-state index in [2.05, 4.69) is 16.5 Å². The van der Waals surface area contributed by atoms with E-state index in [1.807, 2.05) is 0 Å². The van der Waals surface area contributed by atoms with Crippen LogP contribution in [-0.2, 0) is 7.05 Å². The summed E-state index contributed by atoms with van der Waals surface area (Å²) in [6.45, 7) is 0.669. The number of aromatic nitrogens is 2. The number of carbonyl (C=O) groups is 1. The molecule has 0 atom stereocenters.